The van der Waals surface area contributed by atoms with E-state index in [4.69, 9.17) is 0 Å². The number of nitrogens with zero attached hydrogens (tertiary/aromatic N) is 1. The number of hydrogen-bond acceptors (Lipinski definition) is 5. The van der Waals surface area contributed by atoms with Gasteiger partial charge in [0.25, 0.3) is 0 Å². The molecule has 2 atom stereocenters. The SMILES string of the molecule is CC[C@@H](NC(=O)[C@@H]1CCCN(S(=O)(=O)c2ccc(F)cc2)C1)c1ccc(S(C)(=O)=O)cc1. The fraction of sp³-hybridized carbons (Fsp3) is 0.409. The van der Waals surface area contributed by atoms with Gasteiger partial charge in [-0.3, -0.25) is 4.79 Å². The number of sulfone groups is 1. The molecule has 2 aromatic rings. The molecule has 2 aromatic carbocycles. The Balaban J connectivity index is 1.70. The van der Waals surface area contributed by atoms with Crippen LogP contribution in [0.25, 0.3) is 0 Å². The van der Waals surface area contributed by atoms with Crippen LogP contribution in [0.1, 0.15) is 37.8 Å². The number of amides is 1. The van der Waals surface area contributed by atoms with Crippen LogP contribution < -0.4 is 5.32 Å². The lowest BCUT2D eigenvalue weighted by Crippen LogP contribution is -2.46. The van der Waals surface area contributed by atoms with Crippen LogP contribution >= 0.6 is 0 Å². The molecule has 1 N–H and O–H groups in total. The Labute approximate surface area is 188 Å². The van der Waals surface area contributed by atoms with E-state index in [1.165, 1.54) is 28.6 Å². The molecule has 3 rings (SSSR count). The number of benzene rings is 2. The maximum absolute atomic E-state index is 13.2. The fourth-order valence-corrected chi connectivity index (χ4v) is 5.94. The molecule has 10 heteroatoms. The summed E-state index contributed by atoms with van der Waals surface area (Å²) in [6.07, 6.45) is 2.83. The summed E-state index contributed by atoms with van der Waals surface area (Å²) in [5.74, 6) is -1.28. The number of piperidine rings is 1. The highest BCUT2D eigenvalue weighted by molar-refractivity contribution is 7.90. The molecule has 0 aromatic heterocycles. The van der Waals surface area contributed by atoms with Gasteiger partial charge in [-0.25, -0.2) is 21.2 Å². The average molecular weight is 483 g/mol. The zero-order valence-electron chi connectivity index (χ0n) is 18.0. The monoisotopic (exact) mass is 482 g/mol. The molecule has 174 valence electrons. The molecule has 0 radical (unpaired) electrons. The zero-order valence-corrected chi connectivity index (χ0v) is 19.6. The van der Waals surface area contributed by atoms with Crippen molar-refractivity contribution in [1.29, 1.82) is 0 Å². The molecule has 1 heterocycles. The summed E-state index contributed by atoms with van der Waals surface area (Å²) in [5, 5.41) is 2.97. The zero-order chi connectivity index (χ0) is 23.5. The van der Waals surface area contributed by atoms with E-state index in [0.717, 1.165) is 24.0 Å². The average Bonchev–Trinajstić information content (AvgIpc) is 2.77. The third kappa shape index (κ3) is 5.54. The summed E-state index contributed by atoms with van der Waals surface area (Å²) >= 11 is 0. The van der Waals surface area contributed by atoms with Crippen molar-refractivity contribution in [3.8, 4) is 0 Å². The largest absolute Gasteiger partial charge is 0.349 e. The number of rotatable bonds is 7. The van der Waals surface area contributed by atoms with Gasteiger partial charge in [0.15, 0.2) is 9.84 Å². The maximum atomic E-state index is 13.2. The van der Waals surface area contributed by atoms with Crippen LogP contribution in [0.5, 0.6) is 0 Å². The summed E-state index contributed by atoms with van der Waals surface area (Å²) in [6, 6.07) is 10.7. The van der Waals surface area contributed by atoms with Crippen molar-refractivity contribution >= 4 is 25.8 Å². The van der Waals surface area contributed by atoms with Gasteiger partial charge in [0.1, 0.15) is 5.82 Å². The number of halogens is 1. The third-order valence-electron chi connectivity index (χ3n) is 5.64. The summed E-state index contributed by atoms with van der Waals surface area (Å²) < 4.78 is 63.6. The number of sulfonamides is 1. The van der Waals surface area contributed by atoms with Crippen molar-refractivity contribution in [3.05, 3.63) is 59.9 Å². The Kier molecular flexibility index (Phi) is 7.36. The smallest absolute Gasteiger partial charge is 0.243 e. The summed E-state index contributed by atoms with van der Waals surface area (Å²) in [5.41, 5.74) is 0.778. The van der Waals surface area contributed by atoms with Gasteiger partial charge >= 0.3 is 0 Å². The van der Waals surface area contributed by atoms with Crippen LogP contribution in [0.15, 0.2) is 58.3 Å². The van der Waals surface area contributed by atoms with Crippen LogP contribution in [0, 0.1) is 11.7 Å². The van der Waals surface area contributed by atoms with Gasteiger partial charge in [0, 0.05) is 19.3 Å². The lowest BCUT2D eigenvalue weighted by atomic mass is 9.97. The first-order chi connectivity index (χ1) is 15.0. The van der Waals surface area contributed by atoms with Gasteiger partial charge in [0.05, 0.1) is 21.8 Å². The highest BCUT2D eigenvalue weighted by Gasteiger charge is 2.34. The van der Waals surface area contributed by atoms with Crippen LogP contribution in [0.3, 0.4) is 0 Å². The van der Waals surface area contributed by atoms with Crippen molar-refractivity contribution in [3.63, 3.8) is 0 Å². The summed E-state index contributed by atoms with van der Waals surface area (Å²) in [6.45, 7) is 2.25. The molecular formula is C22H27FN2O5S2. The third-order valence-corrected chi connectivity index (χ3v) is 8.65. The minimum absolute atomic E-state index is 0.00245. The predicted molar refractivity (Wildman–Crippen MR) is 119 cm³/mol. The Hall–Kier alpha value is -2.30. The van der Waals surface area contributed by atoms with E-state index in [1.807, 2.05) is 6.92 Å². The van der Waals surface area contributed by atoms with Crippen molar-refractivity contribution in [2.75, 3.05) is 19.3 Å². The summed E-state index contributed by atoms with van der Waals surface area (Å²) in [7, 11) is -7.13. The lowest BCUT2D eigenvalue weighted by molar-refractivity contribution is -0.126. The van der Waals surface area contributed by atoms with Crippen LogP contribution in [-0.4, -0.2) is 46.4 Å². The maximum Gasteiger partial charge on any atom is 0.243 e. The van der Waals surface area contributed by atoms with Crippen molar-refractivity contribution in [2.24, 2.45) is 5.92 Å². The van der Waals surface area contributed by atoms with Gasteiger partial charge in [-0.2, -0.15) is 4.31 Å². The van der Waals surface area contributed by atoms with Crippen molar-refractivity contribution in [1.82, 2.24) is 9.62 Å². The highest BCUT2D eigenvalue weighted by Crippen LogP contribution is 2.26. The number of carbonyl (C=O) groups is 1. The van der Waals surface area contributed by atoms with E-state index in [2.05, 4.69) is 5.32 Å². The molecular weight excluding hydrogens is 455 g/mol. The number of carbonyl (C=O) groups excluding carboxylic acids is 1. The van der Waals surface area contributed by atoms with E-state index < -0.39 is 31.6 Å². The fourth-order valence-electron chi connectivity index (χ4n) is 3.79. The first-order valence-electron chi connectivity index (χ1n) is 10.4. The van der Waals surface area contributed by atoms with Crippen molar-refractivity contribution < 1.29 is 26.0 Å². The molecule has 0 saturated carbocycles. The second kappa shape index (κ2) is 9.68. The molecule has 0 unspecified atom stereocenters. The molecule has 1 aliphatic rings. The Morgan fingerprint density at radius 2 is 1.66 bits per heavy atom. The van der Waals surface area contributed by atoms with Crippen molar-refractivity contribution in [2.45, 2.75) is 42.0 Å². The van der Waals surface area contributed by atoms with Crippen LogP contribution in [0.2, 0.25) is 0 Å². The van der Waals surface area contributed by atoms with Crippen LogP contribution in [0.4, 0.5) is 4.39 Å². The molecule has 32 heavy (non-hydrogen) atoms. The first-order valence-corrected chi connectivity index (χ1v) is 13.7. The molecule has 7 nitrogen and oxygen atoms in total. The molecule has 1 aliphatic heterocycles. The highest BCUT2D eigenvalue weighted by atomic mass is 32.2. The van der Waals surface area contributed by atoms with Gasteiger partial charge < -0.3 is 5.32 Å². The second-order valence-corrected chi connectivity index (χ2v) is 11.9. The molecule has 0 spiro atoms. The molecule has 1 amide bonds. The topological polar surface area (TPSA) is 101 Å². The van der Waals surface area contributed by atoms with E-state index in [1.54, 1.807) is 12.1 Å². The van der Waals surface area contributed by atoms with Gasteiger partial charge in [0.2, 0.25) is 15.9 Å². The van der Waals surface area contributed by atoms with Gasteiger partial charge in [-0.05, 0) is 61.2 Å². The minimum Gasteiger partial charge on any atom is -0.349 e. The Morgan fingerprint density at radius 3 is 2.22 bits per heavy atom. The molecule has 1 saturated heterocycles. The van der Waals surface area contributed by atoms with E-state index in [9.17, 15) is 26.0 Å². The Morgan fingerprint density at radius 1 is 1.06 bits per heavy atom. The molecule has 0 bridgehead atoms. The van der Waals surface area contributed by atoms with Gasteiger partial charge in [-0.1, -0.05) is 19.1 Å². The normalized spacial score (nSPS) is 18.8. The van der Waals surface area contributed by atoms with Gasteiger partial charge in [-0.15, -0.1) is 0 Å². The number of hydrogen-bond donors (Lipinski definition) is 1. The van der Waals surface area contributed by atoms with E-state index in [0.29, 0.717) is 25.8 Å². The summed E-state index contributed by atoms with van der Waals surface area (Å²) in [4.78, 5) is 13.1. The van der Waals surface area contributed by atoms with E-state index in [-0.39, 0.29) is 28.3 Å². The van der Waals surface area contributed by atoms with Crippen LogP contribution in [-0.2, 0) is 24.7 Å². The standard InChI is InChI=1S/C22H27FN2O5S2/c1-3-21(16-6-10-19(11-7-16)31(2,27)28)24-22(26)17-5-4-14-25(15-17)32(29,30)20-12-8-18(23)9-13-20/h6-13,17,21H,3-5,14-15H2,1-2H3,(H,24,26)/t17-,21-/m1/s1. The Bertz CT molecular complexity index is 1160. The predicted octanol–water partition coefficient (Wildman–Crippen LogP) is 2.90. The van der Waals surface area contributed by atoms with E-state index >= 15 is 0 Å². The minimum atomic E-state index is -3.82. The quantitative estimate of drug-likeness (QED) is 0.654. The number of nitrogens with one attached hydrogen (secondary N) is 1. The molecule has 0 aliphatic carbocycles. The lowest BCUT2D eigenvalue weighted by Gasteiger charge is -2.32. The second-order valence-electron chi connectivity index (χ2n) is 7.97. The first kappa shape index (κ1) is 24.3. The molecule has 1 fully saturated rings.